The van der Waals surface area contributed by atoms with Crippen LogP contribution in [-0.4, -0.2) is 20.0 Å². The Morgan fingerprint density at radius 1 is 1.08 bits per heavy atom. The minimum atomic E-state index is -0.284. The van der Waals surface area contributed by atoms with Gasteiger partial charge in [-0.25, -0.2) is 0 Å². The van der Waals surface area contributed by atoms with Crippen molar-refractivity contribution in [2.45, 2.75) is 12.2 Å². The summed E-state index contributed by atoms with van der Waals surface area (Å²) in [5, 5.41) is 0. The molecule has 0 aliphatic heterocycles. The van der Waals surface area contributed by atoms with Gasteiger partial charge in [-0.15, -0.1) is 0 Å². The molecule has 0 aromatic rings. The van der Waals surface area contributed by atoms with Crippen LogP contribution in [0.3, 0.4) is 0 Å². The van der Waals surface area contributed by atoms with Crippen LogP contribution in [0.25, 0.3) is 0 Å². The van der Waals surface area contributed by atoms with E-state index in [1.807, 2.05) is 0 Å². The number of hydrogen-bond acceptors (Lipinski definition) is 2. The molecule has 0 heterocycles. The maximum absolute atomic E-state index is 5.55. The van der Waals surface area contributed by atoms with Gasteiger partial charge in [-0.05, 0) is 18.3 Å². The quantitative estimate of drug-likeness (QED) is 0.456. The summed E-state index contributed by atoms with van der Waals surface area (Å²) in [6.45, 7) is 0. The molecular weight excluding hydrogens is 152 g/mol. The fraction of sp³-hybridized carbons (Fsp3) is 0.800. The molecule has 0 amide bonds. The first-order chi connectivity index (χ1) is 5.83. The zero-order chi connectivity index (χ0) is 8.34. The third-order valence-corrected chi connectivity index (χ3v) is 3.91. The third-order valence-electron chi connectivity index (χ3n) is 3.91. The first-order valence-electron chi connectivity index (χ1n) is 4.62. The average molecular weight is 166 g/mol. The molecule has 0 spiro atoms. The van der Waals surface area contributed by atoms with Gasteiger partial charge in [0, 0.05) is 26.1 Å². The minimum absolute atomic E-state index is 0.284. The zero-order valence-electron chi connectivity index (χ0n) is 7.49. The van der Waals surface area contributed by atoms with Crippen molar-refractivity contribution in [3.05, 3.63) is 12.2 Å². The molecule has 4 atom stereocenters. The molecule has 3 rings (SSSR count). The first-order valence-corrected chi connectivity index (χ1v) is 4.62. The molecule has 2 saturated carbocycles. The topological polar surface area (TPSA) is 18.5 Å². The largest absolute Gasteiger partial charge is 0.352 e. The summed E-state index contributed by atoms with van der Waals surface area (Å²) in [5.74, 6) is 2.50. The molecule has 3 aliphatic rings. The maximum atomic E-state index is 5.55. The fourth-order valence-electron chi connectivity index (χ4n) is 3.30. The van der Waals surface area contributed by atoms with Crippen LogP contribution in [0.2, 0.25) is 0 Å². The summed E-state index contributed by atoms with van der Waals surface area (Å²) in [7, 11) is 3.53. The van der Waals surface area contributed by atoms with Crippen LogP contribution in [0, 0.1) is 23.7 Å². The van der Waals surface area contributed by atoms with Crippen LogP contribution < -0.4 is 0 Å². The SMILES string of the molecule is COC1(OC)[C@@H]2C=C[C@H]1[C@H]1C[C@H]12. The third kappa shape index (κ3) is 0.539. The summed E-state index contributed by atoms with van der Waals surface area (Å²) < 4.78 is 11.1. The molecule has 2 fully saturated rings. The Kier molecular flexibility index (Phi) is 1.15. The van der Waals surface area contributed by atoms with Gasteiger partial charge in [-0.1, -0.05) is 12.2 Å². The van der Waals surface area contributed by atoms with E-state index in [4.69, 9.17) is 9.47 Å². The Morgan fingerprint density at radius 2 is 1.58 bits per heavy atom. The molecule has 3 aliphatic carbocycles. The van der Waals surface area contributed by atoms with Crippen molar-refractivity contribution in [2.24, 2.45) is 23.7 Å². The van der Waals surface area contributed by atoms with E-state index >= 15 is 0 Å². The van der Waals surface area contributed by atoms with Gasteiger partial charge in [0.2, 0.25) is 0 Å². The molecule has 2 nitrogen and oxygen atoms in total. The molecule has 12 heavy (non-hydrogen) atoms. The Morgan fingerprint density at radius 3 is 1.92 bits per heavy atom. The van der Waals surface area contributed by atoms with Crippen LogP contribution in [0.1, 0.15) is 6.42 Å². The molecule has 0 N–H and O–H groups in total. The molecule has 0 aromatic heterocycles. The Hall–Kier alpha value is -0.340. The lowest BCUT2D eigenvalue weighted by molar-refractivity contribution is -0.238. The second-order valence-corrected chi connectivity index (χ2v) is 4.13. The van der Waals surface area contributed by atoms with Gasteiger partial charge < -0.3 is 9.47 Å². The van der Waals surface area contributed by atoms with Crippen molar-refractivity contribution >= 4 is 0 Å². The van der Waals surface area contributed by atoms with Crippen LogP contribution >= 0.6 is 0 Å². The van der Waals surface area contributed by atoms with E-state index in [0.29, 0.717) is 11.8 Å². The van der Waals surface area contributed by atoms with Gasteiger partial charge in [0.15, 0.2) is 5.79 Å². The van der Waals surface area contributed by atoms with Crippen molar-refractivity contribution in [3.8, 4) is 0 Å². The predicted octanol–water partition coefficient (Wildman–Crippen LogP) is 1.43. The highest BCUT2D eigenvalue weighted by molar-refractivity contribution is 5.28. The average Bonchev–Trinajstić information content (AvgIpc) is 2.79. The molecule has 0 saturated heterocycles. The summed E-state index contributed by atoms with van der Waals surface area (Å²) in [5.41, 5.74) is 0. The molecule has 2 heteroatoms. The fourth-order valence-corrected chi connectivity index (χ4v) is 3.30. The van der Waals surface area contributed by atoms with E-state index in [1.165, 1.54) is 6.42 Å². The van der Waals surface area contributed by atoms with Gasteiger partial charge in [-0.3, -0.25) is 0 Å². The van der Waals surface area contributed by atoms with Crippen molar-refractivity contribution in [2.75, 3.05) is 14.2 Å². The van der Waals surface area contributed by atoms with E-state index in [0.717, 1.165) is 11.8 Å². The van der Waals surface area contributed by atoms with E-state index in [9.17, 15) is 0 Å². The Labute approximate surface area is 72.5 Å². The van der Waals surface area contributed by atoms with Gasteiger partial charge in [0.1, 0.15) is 0 Å². The smallest absolute Gasteiger partial charge is 0.180 e. The number of fused-ring (bicyclic) bond motifs is 5. The number of ether oxygens (including phenoxy) is 2. The van der Waals surface area contributed by atoms with Crippen molar-refractivity contribution in [1.29, 1.82) is 0 Å². The lowest BCUT2D eigenvalue weighted by Gasteiger charge is -2.33. The van der Waals surface area contributed by atoms with Crippen LogP contribution in [0.15, 0.2) is 12.2 Å². The molecule has 0 radical (unpaired) electrons. The second-order valence-electron chi connectivity index (χ2n) is 4.13. The predicted molar refractivity (Wildman–Crippen MR) is 44.5 cm³/mol. The lowest BCUT2D eigenvalue weighted by Crippen LogP contribution is -2.41. The van der Waals surface area contributed by atoms with Crippen LogP contribution in [0.5, 0.6) is 0 Å². The Balaban J connectivity index is 2.00. The molecule has 2 bridgehead atoms. The van der Waals surface area contributed by atoms with Gasteiger partial charge in [0.05, 0.1) is 0 Å². The van der Waals surface area contributed by atoms with Crippen LogP contribution in [-0.2, 0) is 9.47 Å². The van der Waals surface area contributed by atoms with Gasteiger partial charge >= 0.3 is 0 Å². The second kappa shape index (κ2) is 1.94. The monoisotopic (exact) mass is 166 g/mol. The maximum Gasteiger partial charge on any atom is 0.180 e. The van der Waals surface area contributed by atoms with Crippen LogP contribution in [0.4, 0.5) is 0 Å². The first kappa shape index (κ1) is 7.10. The molecular formula is C10H14O2. The minimum Gasteiger partial charge on any atom is -0.352 e. The van der Waals surface area contributed by atoms with E-state index < -0.39 is 0 Å². The van der Waals surface area contributed by atoms with Gasteiger partial charge in [-0.2, -0.15) is 0 Å². The van der Waals surface area contributed by atoms with Gasteiger partial charge in [0.25, 0.3) is 0 Å². The summed E-state index contributed by atoms with van der Waals surface area (Å²) >= 11 is 0. The van der Waals surface area contributed by atoms with E-state index in [1.54, 1.807) is 14.2 Å². The highest BCUT2D eigenvalue weighted by atomic mass is 16.7. The van der Waals surface area contributed by atoms with Crippen molar-refractivity contribution in [3.63, 3.8) is 0 Å². The molecule has 0 aromatic carbocycles. The van der Waals surface area contributed by atoms with Crippen molar-refractivity contribution in [1.82, 2.24) is 0 Å². The standard InChI is InChI=1S/C10H14O2/c1-11-10(12-2)8-3-4-9(10)7-5-6(7)8/h3-4,6-9H,5H2,1-2H3/t6-,7+,8-,9+. The number of methoxy groups -OCH3 is 2. The highest BCUT2D eigenvalue weighted by Crippen LogP contribution is 2.68. The number of rotatable bonds is 2. The highest BCUT2D eigenvalue weighted by Gasteiger charge is 2.69. The summed E-state index contributed by atoms with van der Waals surface area (Å²) in [4.78, 5) is 0. The number of hydrogen-bond donors (Lipinski definition) is 0. The normalized spacial score (nSPS) is 51.2. The zero-order valence-corrected chi connectivity index (χ0v) is 7.49. The summed E-state index contributed by atoms with van der Waals surface area (Å²) in [6.07, 6.45) is 5.95. The molecule has 66 valence electrons. The van der Waals surface area contributed by atoms with Crippen molar-refractivity contribution < 1.29 is 9.47 Å². The van der Waals surface area contributed by atoms with E-state index in [2.05, 4.69) is 12.2 Å². The Bertz CT molecular complexity index is 222. The van der Waals surface area contributed by atoms with E-state index in [-0.39, 0.29) is 5.79 Å². The molecule has 0 unspecified atom stereocenters. The summed E-state index contributed by atoms with van der Waals surface area (Å²) in [6, 6.07) is 0. The lowest BCUT2D eigenvalue weighted by atomic mass is 9.97.